The number of carboxylic acid groups (broad SMARTS) is 2. The van der Waals surface area contributed by atoms with Gasteiger partial charge < -0.3 is 25.6 Å². The van der Waals surface area contributed by atoms with Crippen LogP contribution in [-0.2, 0) is 4.79 Å². The van der Waals surface area contributed by atoms with Crippen molar-refractivity contribution in [2.45, 2.75) is 4.90 Å². The number of amides is 2. The summed E-state index contributed by atoms with van der Waals surface area (Å²) in [5.41, 5.74) is 0.266. The van der Waals surface area contributed by atoms with Crippen molar-refractivity contribution < 1.29 is 34.1 Å². The number of hydrogen-bond acceptors (Lipinski definition) is 6. The number of methoxy groups -OCH3 is 1. The average molecular weight is 480 g/mol. The normalized spacial score (nSPS) is 10.3. The zero-order chi connectivity index (χ0) is 24.7. The number of rotatable bonds is 9. The monoisotopic (exact) mass is 480 g/mol. The molecule has 0 aliphatic carbocycles. The van der Waals surface area contributed by atoms with Gasteiger partial charge in [-0.25, -0.2) is 9.59 Å². The van der Waals surface area contributed by atoms with Crippen molar-refractivity contribution in [2.75, 3.05) is 23.5 Å². The van der Waals surface area contributed by atoms with Crippen LogP contribution in [0.15, 0.2) is 71.6 Å². The molecule has 0 saturated heterocycles. The first-order valence-corrected chi connectivity index (χ1v) is 10.8. The van der Waals surface area contributed by atoms with Crippen LogP contribution in [0.4, 0.5) is 11.4 Å². The topological polar surface area (TPSA) is 142 Å². The van der Waals surface area contributed by atoms with Crippen LogP contribution in [0.25, 0.3) is 0 Å². The summed E-state index contributed by atoms with van der Waals surface area (Å²) in [4.78, 5) is 48.0. The lowest BCUT2D eigenvalue weighted by Gasteiger charge is -2.10. The van der Waals surface area contributed by atoms with Crippen LogP contribution in [0.3, 0.4) is 0 Å². The number of nitrogens with one attached hydrogen (secondary N) is 2. The largest absolute Gasteiger partial charge is 0.497 e. The van der Waals surface area contributed by atoms with Crippen molar-refractivity contribution in [2.24, 2.45) is 0 Å². The highest BCUT2D eigenvalue weighted by Gasteiger charge is 2.19. The van der Waals surface area contributed by atoms with Crippen LogP contribution in [0.2, 0.25) is 0 Å². The Kier molecular flexibility index (Phi) is 7.88. The third-order valence-corrected chi connectivity index (χ3v) is 5.61. The molecule has 0 bridgehead atoms. The zero-order valence-electron chi connectivity index (χ0n) is 17.9. The van der Waals surface area contributed by atoms with E-state index < -0.39 is 23.4 Å². The molecule has 0 aliphatic heterocycles. The minimum absolute atomic E-state index is 0.161. The predicted octanol–water partition coefficient (Wildman–Crippen LogP) is 4.07. The summed E-state index contributed by atoms with van der Waals surface area (Å²) in [6.45, 7) is 0. The molecule has 9 nitrogen and oxygen atoms in total. The predicted molar refractivity (Wildman–Crippen MR) is 127 cm³/mol. The molecule has 0 atom stereocenters. The van der Waals surface area contributed by atoms with Crippen LogP contribution < -0.4 is 15.4 Å². The second kappa shape index (κ2) is 11.0. The molecule has 0 unspecified atom stereocenters. The fraction of sp³-hybridized carbons (Fsp3) is 0.0833. The first-order valence-electron chi connectivity index (χ1n) is 9.85. The van der Waals surface area contributed by atoms with Crippen molar-refractivity contribution in [3.05, 3.63) is 83.4 Å². The third kappa shape index (κ3) is 6.36. The number of aromatic carboxylic acids is 2. The molecule has 4 N–H and O–H groups in total. The first kappa shape index (κ1) is 24.3. The fourth-order valence-electron chi connectivity index (χ4n) is 2.91. The number of carbonyl (C=O) groups is 4. The highest BCUT2D eigenvalue weighted by atomic mass is 32.2. The number of thioether (sulfide) groups is 1. The smallest absolute Gasteiger partial charge is 0.336 e. The number of hydrogen-bond donors (Lipinski definition) is 4. The second-order valence-corrected chi connectivity index (χ2v) is 7.96. The van der Waals surface area contributed by atoms with E-state index in [9.17, 15) is 24.3 Å². The van der Waals surface area contributed by atoms with Gasteiger partial charge in [-0.1, -0.05) is 0 Å². The van der Waals surface area contributed by atoms with E-state index in [0.717, 1.165) is 17.0 Å². The highest BCUT2D eigenvalue weighted by Crippen LogP contribution is 2.22. The summed E-state index contributed by atoms with van der Waals surface area (Å²) >= 11 is 1.31. The SMILES string of the molecule is COc1ccc(NC(=O)CSc2ccc(NC(=O)c3ccc(C(=O)O)cc3C(=O)O)cc2)cc1. The maximum absolute atomic E-state index is 12.5. The molecular weight excluding hydrogens is 460 g/mol. The van der Waals surface area contributed by atoms with Gasteiger partial charge in [-0.05, 0) is 66.7 Å². The number of benzene rings is 3. The highest BCUT2D eigenvalue weighted by molar-refractivity contribution is 8.00. The number of ether oxygens (including phenoxy) is 1. The molecule has 0 aliphatic rings. The Hall–Kier alpha value is -4.31. The zero-order valence-corrected chi connectivity index (χ0v) is 18.7. The molecule has 2 amide bonds. The lowest BCUT2D eigenvalue weighted by Crippen LogP contribution is -2.17. The van der Waals surface area contributed by atoms with E-state index in [-0.39, 0.29) is 22.8 Å². The van der Waals surface area contributed by atoms with Gasteiger partial charge >= 0.3 is 11.9 Å². The van der Waals surface area contributed by atoms with E-state index in [2.05, 4.69) is 10.6 Å². The summed E-state index contributed by atoms with van der Waals surface area (Å²) in [6.07, 6.45) is 0. The molecule has 0 fully saturated rings. The Morgan fingerprint density at radius 3 is 2.00 bits per heavy atom. The lowest BCUT2D eigenvalue weighted by molar-refractivity contribution is -0.113. The Morgan fingerprint density at radius 2 is 1.41 bits per heavy atom. The van der Waals surface area contributed by atoms with Crippen molar-refractivity contribution in [3.8, 4) is 5.75 Å². The van der Waals surface area contributed by atoms with Crippen LogP contribution in [0, 0.1) is 0 Å². The number of carboxylic acids is 2. The van der Waals surface area contributed by atoms with Crippen LogP contribution in [0.1, 0.15) is 31.1 Å². The van der Waals surface area contributed by atoms with Crippen molar-refractivity contribution in [1.82, 2.24) is 0 Å². The molecule has 0 saturated carbocycles. The Morgan fingerprint density at radius 1 is 0.794 bits per heavy atom. The summed E-state index contributed by atoms with van der Waals surface area (Å²) in [5.74, 6) is -2.70. The summed E-state index contributed by atoms with van der Waals surface area (Å²) in [5, 5.41) is 23.7. The van der Waals surface area contributed by atoms with Crippen molar-refractivity contribution in [1.29, 1.82) is 0 Å². The van der Waals surface area contributed by atoms with Crippen LogP contribution in [0.5, 0.6) is 5.75 Å². The standard InChI is InChI=1S/C24H20N2O7S/c1-33-17-7-3-15(4-8-17)25-21(27)13-34-18-9-5-16(6-10-18)26-22(28)19-11-2-14(23(29)30)12-20(19)24(31)32/h2-12H,13H2,1H3,(H,25,27)(H,26,28)(H,29,30)(H,31,32). The van der Waals surface area contributed by atoms with E-state index in [0.29, 0.717) is 17.1 Å². The van der Waals surface area contributed by atoms with Gasteiger partial charge in [0.15, 0.2) is 0 Å². The first-order chi connectivity index (χ1) is 16.3. The molecule has 3 rings (SSSR count). The van der Waals surface area contributed by atoms with Crippen LogP contribution in [-0.4, -0.2) is 46.8 Å². The van der Waals surface area contributed by atoms with E-state index >= 15 is 0 Å². The maximum atomic E-state index is 12.5. The Labute approximate surface area is 198 Å². The lowest BCUT2D eigenvalue weighted by atomic mass is 10.0. The molecule has 0 radical (unpaired) electrons. The molecule has 0 aromatic heterocycles. The molecule has 174 valence electrons. The number of carbonyl (C=O) groups excluding carboxylic acids is 2. The van der Waals surface area contributed by atoms with E-state index in [1.807, 2.05) is 0 Å². The molecule has 34 heavy (non-hydrogen) atoms. The van der Waals surface area contributed by atoms with E-state index in [1.165, 1.54) is 17.8 Å². The van der Waals surface area contributed by atoms with Gasteiger partial charge in [0.05, 0.1) is 29.6 Å². The van der Waals surface area contributed by atoms with Gasteiger partial charge in [0, 0.05) is 16.3 Å². The molecular formula is C24H20N2O7S. The van der Waals surface area contributed by atoms with E-state index in [1.54, 1.807) is 55.6 Å². The summed E-state index contributed by atoms with van der Waals surface area (Å²) in [6, 6.07) is 16.9. The average Bonchev–Trinajstić information content (AvgIpc) is 2.83. The maximum Gasteiger partial charge on any atom is 0.336 e. The molecule has 3 aromatic rings. The van der Waals surface area contributed by atoms with Crippen molar-refractivity contribution >= 4 is 46.9 Å². The van der Waals surface area contributed by atoms with Gasteiger partial charge in [0.2, 0.25) is 5.91 Å². The van der Waals surface area contributed by atoms with Gasteiger partial charge in [-0.3, -0.25) is 9.59 Å². The minimum atomic E-state index is -1.41. The Balaban J connectivity index is 1.58. The second-order valence-electron chi connectivity index (χ2n) is 6.91. The third-order valence-electron chi connectivity index (χ3n) is 4.60. The Bertz CT molecular complexity index is 1230. The minimum Gasteiger partial charge on any atom is -0.497 e. The van der Waals surface area contributed by atoms with Crippen LogP contribution >= 0.6 is 11.8 Å². The number of anilines is 2. The molecule has 10 heteroatoms. The molecule has 0 heterocycles. The van der Waals surface area contributed by atoms with Gasteiger partial charge in [-0.15, -0.1) is 11.8 Å². The van der Waals surface area contributed by atoms with Gasteiger partial charge in [0.25, 0.3) is 5.91 Å². The molecule has 3 aromatic carbocycles. The van der Waals surface area contributed by atoms with E-state index in [4.69, 9.17) is 9.84 Å². The fourth-order valence-corrected chi connectivity index (χ4v) is 3.60. The van der Waals surface area contributed by atoms with Crippen molar-refractivity contribution in [3.63, 3.8) is 0 Å². The van der Waals surface area contributed by atoms with Gasteiger partial charge in [-0.2, -0.15) is 0 Å². The summed E-state index contributed by atoms with van der Waals surface area (Å²) < 4.78 is 5.08. The molecule has 0 spiro atoms. The summed E-state index contributed by atoms with van der Waals surface area (Å²) in [7, 11) is 1.56. The van der Waals surface area contributed by atoms with Gasteiger partial charge in [0.1, 0.15) is 5.75 Å². The quantitative estimate of drug-likeness (QED) is 0.336.